The topological polar surface area (TPSA) is 24.9 Å². The minimum atomic E-state index is -0.229. The fourth-order valence-corrected chi connectivity index (χ4v) is 2.94. The average molecular weight is 329 g/mol. The minimum Gasteiger partial charge on any atom is -0.304 e. The lowest BCUT2D eigenvalue weighted by Gasteiger charge is -2.18. The molecule has 0 spiro atoms. The second-order valence-electron chi connectivity index (χ2n) is 3.92. The molecule has 2 aromatic rings. The summed E-state index contributed by atoms with van der Waals surface area (Å²) in [5.74, 6) is -0.229. The maximum Gasteiger partial charge on any atom is 0.123 e. The van der Waals surface area contributed by atoms with E-state index in [1.807, 2.05) is 5.38 Å². The van der Waals surface area contributed by atoms with Crippen LogP contribution in [0.4, 0.5) is 4.39 Å². The highest BCUT2D eigenvalue weighted by atomic mass is 79.9. The molecular formula is C13H14BrFN2S. The van der Waals surface area contributed by atoms with Crippen LogP contribution in [-0.4, -0.2) is 11.5 Å². The van der Waals surface area contributed by atoms with Crippen LogP contribution < -0.4 is 5.32 Å². The average Bonchev–Trinajstić information content (AvgIpc) is 2.88. The van der Waals surface area contributed by atoms with Crippen molar-refractivity contribution in [2.75, 3.05) is 6.54 Å². The number of hydrogen-bond acceptors (Lipinski definition) is 3. The molecular weight excluding hydrogens is 315 g/mol. The molecule has 18 heavy (non-hydrogen) atoms. The van der Waals surface area contributed by atoms with E-state index in [9.17, 15) is 4.39 Å². The van der Waals surface area contributed by atoms with E-state index in [0.29, 0.717) is 0 Å². The first-order chi connectivity index (χ1) is 8.72. The standard InChI is InChI=1S/C13H14BrFN2S/c1-2-5-16-12(13-17-6-7-18-13)10-8-9(15)3-4-11(10)14/h3-4,6-8,12,16H,2,5H2,1H3. The Morgan fingerprint density at radius 3 is 3.00 bits per heavy atom. The Hall–Kier alpha value is -0.780. The van der Waals surface area contributed by atoms with Crippen LogP contribution in [0.15, 0.2) is 34.2 Å². The largest absolute Gasteiger partial charge is 0.304 e. The van der Waals surface area contributed by atoms with E-state index >= 15 is 0 Å². The lowest BCUT2D eigenvalue weighted by Crippen LogP contribution is -2.23. The highest BCUT2D eigenvalue weighted by Crippen LogP contribution is 2.30. The van der Waals surface area contributed by atoms with E-state index in [2.05, 4.69) is 33.2 Å². The summed E-state index contributed by atoms with van der Waals surface area (Å²) in [6, 6.07) is 4.68. The Kier molecular flexibility index (Phi) is 4.86. The van der Waals surface area contributed by atoms with E-state index < -0.39 is 0 Å². The van der Waals surface area contributed by atoms with Gasteiger partial charge in [-0.05, 0) is 36.7 Å². The van der Waals surface area contributed by atoms with Crippen LogP contribution in [0.5, 0.6) is 0 Å². The van der Waals surface area contributed by atoms with Gasteiger partial charge in [-0.3, -0.25) is 0 Å². The van der Waals surface area contributed by atoms with Gasteiger partial charge in [0.2, 0.25) is 0 Å². The molecule has 0 aliphatic rings. The Labute approximate surface area is 118 Å². The summed E-state index contributed by atoms with van der Waals surface area (Å²) >= 11 is 5.05. The van der Waals surface area contributed by atoms with Crippen molar-refractivity contribution in [3.05, 3.63) is 50.6 Å². The number of rotatable bonds is 5. The zero-order valence-corrected chi connectivity index (χ0v) is 12.4. The van der Waals surface area contributed by atoms with Gasteiger partial charge in [-0.25, -0.2) is 9.37 Å². The van der Waals surface area contributed by atoms with Gasteiger partial charge in [-0.1, -0.05) is 22.9 Å². The van der Waals surface area contributed by atoms with E-state index in [1.165, 1.54) is 6.07 Å². The molecule has 5 heteroatoms. The molecule has 2 nitrogen and oxygen atoms in total. The van der Waals surface area contributed by atoms with E-state index in [1.54, 1.807) is 29.7 Å². The van der Waals surface area contributed by atoms with Crippen LogP contribution in [0, 0.1) is 5.82 Å². The van der Waals surface area contributed by atoms with Crippen LogP contribution in [-0.2, 0) is 0 Å². The van der Waals surface area contributed by atoms with Crippen molar-refractivity contribution in [3.63, 3.8) is 0 Å². The molecule has 1 unspecified atom stereocenters. The highest BCUT2D eigenvalue weighted by Gasteiger charge is 2.19. The fourth-order valence-electron chi connectivity index (χ4n) is 1.73. The Balaban J connectivity index is 2.36. The third-order valence-corrected chi connectivity index (χ3v) is 4.13. The molecule has 1 aromatic heterocycles. The van der Waals surface area contributed by atoms with Gasteiger partial charge in [0.15, 0.2) is 0 Å². The van der Waals surface area contributed by atoms with Gasteiger partial charge in [0.1, 0.15) is 10.8 Å². The van der Waals surface area contributed by atoms with Crippen molar-refractivity contribution >= 4 is 27.3 Å². The third-order valence-electron chi connectivity index (χ3n) is 2.57. The number of aromatic nitrogens is 1. The van der Waals surface area contributed by atoms with Gasteiger partial charge in [-0.15, -0.1) is 11.3 Å². The van der Waals surface area contributed by atoms with Crippen molar-refractivity contribution in [2.45, 2.75) is 19.4 Å². The molecule has 1 atom stereocenters. The number of halogens is 2. The van der Waals surface area contributed by atoms with Gasteiger partial charge in [-0.2, -0.15) is 0 Å². The Morgan fingerprint density at radius 1 is 1.50 bits per heavy atom. The summed E-state index contributed by atoms with van der Waals surface area (Å²) in [5.41, 5.74) is 0.887. The zero-order chi connectivity index (χ0) is 13.0. The summed E-state index contributed by atoms with van der Waals surface area (Å²) in [5, 5.41) is 6.29. The second-order valence-corrected chi connectivity index (χ2v) is 5.70. The molecule has 0 aliphatic carbocycles. The lowest BCUT2D eigenvalue weighted by atomic mass is 10.1. The van der Waals surface area contributed by atoms with Crippen LogP contribution in [0.3, 0.4) is 0 Å². The monoisotopic (exact) mass is 328 g/mol. The molecule has 2 rings (SSSR count). The summed E-state index contributed by atoms with van der Waals surface area (Å²) in [6.07, 6.45) is 2.79. The predicted molar refractivity (Wildman–Crippen MR) is 76.4 cm³/mol. The van der Waals surface area contributed by atoms with Crippen molar-refractivity contribution < 1.29 is 4.39 Å². The smallest absolute Gasteiger partial charge is 0.123 e. The SMILES string of the molecule is CCCNC(c1nccs1)c1cc(F)ccc1Br. The number of nitrogens with one attached hydrogen (secondary N) is 1. The van der Waals surface area contributed by atoms with Crippen molar-refractivity contribution in [2.24, 2.45) is 0 Å². The van der Waals surface area contributed by atoms with Gasteiger partial charge >= 0.3 is 0 Å². The van der Waals surface area contributed by atoms with Crippen molar-refractivity contribution in [1.29, 1.82) is 0 Å². The van der Waals surface area contributed by atoms with Gasteiger partial charge in [0.05, 0.1) is 6.04 Å². The van der Waals surface area contributed by atoms with Gasteiger partial charge in [0.25, 0.3) is 0 Å². The van der Waals surface area contributed by atoms with Gasteiger partial charge < -0.3 is 5.32 Å². The van der Waals surface area contributed by atoms with E-state index in [4.69, 9.17) is 0 Å². The number of benzene rings is 1. The molecule has 0 radical (unpaired) electrons. The molecule has 0 aliphatic heterocycles. The molecule has 0 bridgehead atoms. The highest BCUT2D eigenvalue weighted by molar-refractivity contribution is 9.10. The summed E-state index contributed by atoms with van der Waals surface area (Å²) < 4.78 is 14.3. The molecule has 0 saturated carbocycles. The fraction of sp³-hybridized carbons (Fsp3) is 0.308. The van der Waals surface area contributed by atoms with Crippen molar-refractivity contribution in [3.8, 4) is 0 Å². The van der Waals surface area contributed by atoms with Crippen LogP contribution in [0.25, 0.3) is 0 Å². The number of hydrogen-bond donors (Lipinski definition) is 1. The zero-order valence-electron chi connectivity index (χ0n) is 9.99. The van der Waals surface area contributed by atoms with Crippen LogP contribution in [0.2, 0.25) is 0 Å². The summed E-state index contributed by atoms with van der Waals surface area (Å²) in [4.78, 5) is 4.33. The van der Waals surface area contributed by atoms with E-state index in [-0.39, 0.29) is 11.9 Å². The normalized spacial score (nSPS) is 12.6. The Morgan fingerprint density at radius 2 is 2.33 bits per heavy atom. The molecule has 1 N–H and O–H groups in total. The maximum atomic E-state index is 13.4. The molecule has 0 fully saturated rings. The second kappa shape index (κ2) is 6.41. The molecule has 0 amide bonds. The van der Waals surface area contributed by atoms with Crippen LogP contribution >= 0.6 is 27.3 Å². The summed E-state index contributed by atoms with van der Waals surface area (Å²) in [7, 11) is 0. The maximum absolute atomic E-state index is 13.4. The first-order valence-electron chi connectivity index (χ1n) is 5.80. The molecule has 1 heterocycles. The summed E-state index contributed by atoms with van der Waals surface area (Å²) in [6.45, 7) is 2.97. The molecule has 1 aromatic carbocycles. The first kappa shape index (κ1) is 13.6. The Bertz CT molecular complexity index is 502. The van der Waals surface area contributed by atoms with E-state index in [0.717, 1.165) is 28.0 Å². The lowest BCUT2D eigenvalue weighted by molar-refractivity contribution is 0.581. The predicted octanol–water partition coefficient (Wildman–Crippen LogP) is 4.13. The van der Waals surface area contributed by atoms with Crippen molar-refractivity contribution in [1.82, 2.24) is 10.3 Å². The number of nitrogens with zero attached hydrogens (tertiary/aromatic N) is 1. The first-order valence-corrected chi connectivity index (χ1v) is 7.47. The van der Waals surface area contributed by atoms with Gasteiger partial charge in [0, 0.05) is 16.0 Å². The number of thiazole rings is 1. The minimum absolute atomic E-state index is 0.0602. The quantitative estimate of drug-likeness (QED) is 0.892. The molecule has 0 saturated heterocycles. The third kappa shape index (κ3) is 3.16. The van der Waals surface area contributed by atoms with Crippen LogP contribution in [0.1, 0.15) is 30.0 Å². The molecule has 96 valence electrons.